The SMILES string of the molecule is c1ccc(P(=NC2CC2)(c2ccccc2)c2ccccc2)cc1. The second-order valence-corrected chi connectivity index (χ2v) is 9.04. The van der Waals surface area contributed by atoms with Crippen molar-refractivity contribution in [1.82, 2.24) is 0 Å². The molecule has 1 aliphatic carbocycles. The second-order valence-electron chi connectivity index (χ2n) is 5.99. The third kappa shape index (κ3) is 2.78. The Hall–Kier alpha value is -2.11. The van der Waals surface area contributed by atoms with Gasteiger partial charge in [-0.05, 0) is 12.8 Å². The Morgan fingerprint density at radius 1 is 0.565 bits per heavy atom. The number of nitrogens with zero attached hydrogens (tertiary/aromatic N) is 1. The van der Waals surface area contributed by atoms with Crippen molar-refractivity contribution in [2.24, 2.45) is 4.74 Å². The highest BCUT2D eigenvalue weighted by atomic mass is 31.2. The molecular formula is C21H20NP. The molecule has 4 rings (SSSR count). The molecule has 1 saturated carbocycles. The smallest absolute Gasteiger partial charge is 0.0551 e. The molecule has 0 atom stereocenters. The zero-order valence-electron chi connectivity index (χ0n) is 13.0. The molecule has 1 nitrogen and oxygen atoms in total. The Bertz CT molecular complexity index is 718. The molecule has 0 bridgehead atoms. The van der Waals surface area contributed by atoms with Gasteiger partial charge in [-0.15, -0.1) is 0 Å². The first kappa shape index (κ1) is 14.5. The van der Waals surface area contributed by atoms with Crippen LogP contribution in [0.5, 0.6) is 0 Å². The predicted molar refractivity (Wildman–Crippen MR) is 101 cm³/mol. The van der Waals surface area contributed by atoms with E-state index in [1.54, 1.807) is 0 Å². The quantitative estimate of drug-likeness (QED) is 0.635. The number of hydrogen-bond acceptors (Lipinski definition) is 1. The van der Waals surface area contributed by atoms with Crippen molar-refractivity contribution in [2.75, 3.05) is 0 Å². The molecule has 0 radical (unpaired) electrons. The number of benzene rings is 3. The Morgan fingerprint density at radius 2 is 0.913 bits per heavy atom. The van der Waals surface area contributed by atoms with E-state index in [4.69, 9.17) is 4.74 Å². The zero-order valence-corrected chi connectivity index (χ0v) is 13.9. The van der Waals surface area contributed by atoms with Crippen molar-refractivity contribution in [3.05, 3.63) is 91.0 Å². The van der Waals surface area contributed by atoms with Gasteiger partial charge in [0, 0.05) is 22.0 Å². The first-order valence-corrected chi connectivity index (χ1v) is 9.92. The van der Waals surface area contributed by atoms with Gasteiger partial charge < -0.3 is 0 Å². The van der Waals surface area contributed by atoms with E-state index in [0.717, 1.165) is 0 Å². The van der Waals surface area contributed by atoms with E-state index in [2.05, 4.69) is 91.0 Å². The molecular weight excluding hydrogens is 297 g/mol. The summed E-state index contributed by atoms with van der Waals surface area (Å²) in [5, 5.41) is 4.05. The van der Waals surface area contributed by atoms with Crippen LogP contribution in [0, 0.1) is 0 Å². The van der Waals surface area contributed by atoms with Gasteiger partial charge in [0.2, 0.25) is 0 Å². The van der Waals surface area contributed by atoms with Crippen LogP contribution in [0.3, 0.4) is 0 Å². The average Bonchev–Trinajstić information content (AvgIpc) is 3.46. The molecule has 0 N–H and O–H groups in total. The van der Waals surface area contributed by atoms with Crippen molar-refractivity contribution in [2.45, 2.75) is 18.9 Å². The van der Waals surface area contributed by atoms with Gasteiger partial charge in [-0.25, -0.2) is 0 Å². The number of hydrogen-bond donors (Lipinski definition) is 0. The maximum absolute atomic E-state index is 5.44. The van der Waals surface area contributed by atoms with Crippen LogP contribution >= 0.6 is 7.05 Å². The number of rotatable bonds is 4. The van der Waals surface area contributed by atoms with Gasteiger partial charge in [0.05, 0.1) is 7.05 Å². The maximum atomic E-state index is 5.44. The minimum absolute atomic E-state index is 0.518. The Labute approximate surface area is 138 Å². The first-order chi connectivity index (χ1) is 11.4. The highest BCUT2D eigenvalue weighted by Gasteiger charge is 2.31. The van der Waals surface area contributed by atoms with E-state index < -0.39 is 7.05 Å². The van der Waals surface area contributed by atoms with Crippen LogP contribution in [-0.2, 0) is 0 Å². The maximum Gasteiger partial charge on any atom is 0.0551 e. The normalized spacial score (nSPS) is 14.4. The Balaban J connectivity index is 2.07. The molecule has 0 aromatic heterocycles. The molecule has 3 aromatic carbocycles. The van der Waals surface area contributed by atoms with Gasteiger partial charge in [-0.3, -0.25) is 4.74 Å². The average molecular weight is 317 g/mol. The largest absolute Gasteiger partial charge is 0.286 e. The summed E-state index contributed by atoms with van der Waals surface area (Å²) >= 11 is 0. The van der Waals surface area contributed by atoms with E-state index in [9.17, 15) is 0 Å². The van der Waals surface area contributed by atoms with E-state index in [0.29, 0.717) is 6.04 Å². The third-order valence-electron chi connectivity index (χ3n) is 4.27. The van der Waals surface area contributed by atoms with Gasteiger partial charge in [0.25, 0.3) is 0 Å². The van der Waals surface area contributed by atoms with Gasteiger partial charge in [-0.2, -0.15) is 0 Å². The fourth-order valence-corrected chi connectivity index (χ4v) is 6.84. The van der Waals surface area contributed by atoms with Crippen LogP contribution in [-0.4, -0.2) is 6.04 Å². The standard InChI is InChI=1S/C21H20NP/c1-4-10-19(11-5-1)23(22-18-16-17-18,20-12-6-2-7-13-20)21-14-8-3-9-15-21/h1-15,18H,16-17H2. The van der Waals surface area contributed by atoms with Crippen molar-refractivity contribution < 1.29 is 0 Å². The summed E-state index contributed by atoms with van der Waals surface area (Å²) in [5.74, 6) is 0. The minimum Gasteiger partial charge on any atom is -0.286 e. The van der Waals surface area contributed by atoms with Crippen LogP contribution < -0.4 is 15.9 Å². The molecule has 0 saturated heterocycles. The minimum atomic E-state index is -1.92. The van der Waals surface area contributed by atoms with Crippen LogP contribution in [0.25, 0.3) is 0 Å². The summed E-state index contributed by atoms with van der Waals surface area (Å²) in [6, 6.07) is 33.1. The van der Waals surface area contributed by atoms with E-state index >= 15 is 0 Å². The fourth-order valence-electron chi connectivity index (χ4n) is 3.01. The molecule has 1 aliphatic rings. The van der Waals surface area contributed by atoms with Crippen LogP contribution in [0.2, 0.25) is 0 Å². The summed E-state index contributed by atoms with van der Waals surface area (Å²) in [5.41, 5.74) is 0. The molecule has 3 aromatic rings. The van der Waals surface area contributed by atoms with Gasteiger partial charge >= 0.3 is 0 Å². The Morgan fingerprint density at radius 3 is 1.22 bits per heavy atom. The zero-order chi connectivity index (χ0) is 15.5. The molecule has 2 heteroatoms. The topological polar surface area (TPSA) is 12.4 Å². The molecule has 114 valence electrons. The van der Waals surface area contributed by atoms with E-state index in [1.165, 1.54) is 28.8 Å². The second kappa shape index (κ2) is 6.18. The first-order valence-electron chi connectivity index (χ1n) is 8.18. The monoisotopic (exact) mass is 317 g/mol. The molecule has 0 spiro atoms. The molecule has 0 aliphatic heterocycles. The summed E-state index contributed by atoms with van der Waals surface area (Å²) in [6.45, 7) is 0. The van der Waals surface area contributed by atoms with Gasteiger partial charge in [-0.1, -0.05) is 91.0 Å². The van der Waals surface area contributed by atoms with Crippen molar-refractivity contribution in [3.8, 4) is 0 Å². The van der Waals surface area contributed by atoms with E-state index in [1.807, 2.05) is 0 Å². The molecule has 23 heavy (non-hydrogen) atoms. The Kier molecular flexibility index (Phi) is 3.89. The van der Waals surface area contributed by atoms with Crippen LogP contribution in [0.15, 0.2) is 95.7 Å². The summed E-state index contributed by atoms with van der Waals surface area (Å²) in [7, 11) is -1.92. The third-order valence-corrected chi connectivity index (χ3v) is 8.08. The predicted octanol–water partition coefficient (Wildman–Crippen LogP) is 4.33. The lowest BCUT2D eigenvalue weighted by atomic mass is 10.4. The molecule has 1 fully saturated rings. The summed E-state index contributed by atoms with van der Waals surface area (Å²) in [6.07, 6.45) is 2.46. The molecule has 0 unspecified atom stereocenters. The molecule has 0 heterocycles. The van der Waals surface area contributed by atoms with E-state index in [-0.39, 0.29) is 0 Å². The van der Waals surface area contributed by atoms with Gasteiger partial charge in [0.15, 0.2) is 0 Å². The summed E-state index contributed by atoms with van der Waals surface area (Å²) in [4.78, 5) is 0. The van der Waals surface area contributed by atoms with Gasteiger partial charge in [0.1, 0.15) is 0 Å². The fraction of sp³-hybridized carbons (Fsp3) is 0.143. The van der Waals surface area contributed by atoms with Crippen LogP contribution in [0.4, 0.5) is 0 Å². The van der Waals surface area contributed by atoms with Crippen molar-refractivity contribution >= 4 is 23.0 Å². The lowest BCUT2D eigenvalue weighted by molar-refractivity contribution is 1.09. The van der Waals surface area contributed by atoms with Crippen molar-refractivity contribution in [1.29, 1.82) is 0 Å². The van der Waals surface area contributed by atoms with Crippen molar-refractivity contribution in [3.63, 3.8) is 0 Å². The highest BCUT2D eigenvalue weighted by Crippen LogP contribution is 2.49. The van der Waals surface area contributed by atoms with Crippen LogP contribution in [0.1, 0.15) is 12.8 Å². The summed E-state index contributed by atoms with van der Waals surface area (Å²) < 4.78 is 5.44. The molecule has 0 amide bonds. The lowest BCUT2D eigenvalue weighted by Gasteiger charge is -2.27. The highest BCUT2D eigenvalue weighted by molar-refractivity contribution is 7.87. The lowest BCUT2D eigenvalue weighted by Crippen LogP contribution is -2.25.